The molecule has 0 aromatic heterocycles. The quantitative estimate of drug-likeness (QED) is 0.0959. The maximum atomic E-state index is 10.3. The van der Waals surface area contributed by atoms with E-state index in [-0.39, 0.29) is 27.2 Å². The van der Waals surface area contributed by atoms with Crippen molar-refractivity contribution in [2.75, 3.05) is 26.3 Å². The normalized spacial score (nSPS) is 12.2. The summed E-state index contributed by atoms with van der Waals surface area (Å²) in [6, 6.07) is 0.210. The summed E-state index contributed by atoms with van der Waals surface area (Å²) in [6.45, 7) is 4.34. The molecule has 0 spiro atoms. The molecule has 0 heterocycles. The van der Waals surface area contributed by atoms with E-state index in [1.807, 2.05) is 0 Å². The Morgan fingerprint density at radius 3 is 1.64 bits per heavy atom. The Kier molecular flexibility index (Phi) is 28.0. The van der Waals surface area contributed by atoms with Crippen LogP contribution in [0.5, 0.6) is 0 Å². The van der Waals surface area contributed by atoms with E-state index in [0.29, 0.717) is 6.54 Å². The summed E-state index contributed by atoms with van der Waals surface area (Å²) in [6.07, 6.45) is 26.5. The number of aliphatic hydroxyl groups excluding tert-OH is 2. The van der Waals surface area contributed by atoms with Gasteiger partial charge in [-0.25, -0.2) is 0 Å². The van der Waals surface area contributed by atoms with Crippen LogP contribution >= 0.6 is 7.92 Å². The molecule has 0 saturated carbocycles. The summed E-state index contributed by atoms with van der Waals surface area (Å²) in [4.78, 5) is 2.32. The average Bonchev–Trinajstić information content (AvgIpc) is 2.83. The fourth-order valence-electron chi connectivity index (χ4n) is 4.66. The summed E-state index contributed by atoms with van der Waals surface area (Å²) < 4.78 is 10.3. The van der Waals surface area contributed by atoms with Gasteiger partial charge in [0.15, 0.2) is 0 Å². The van der Waals surface area contributed by atoms with Gasteiger partial charge in [-0.05, 0) is 6.42 Å². The third kappa shape index (κ3) is 23.4. The zero-order valence-electron chi connectivity index (χ0n) is 22.0. The van der Waals surface area contributed by atoms with Gasteiger partial charge >= 0.3 is 88.9 Å². The van der Waals surface area contributed by atoms with Crippen LogP contribution in [0.15, 0.2) is 0 Å². The molecular weight excluding hydrogens is 429 g/mol. The van der Waals surface area contributed by atoms with Crippen molar-refractivity contribution < 1.29 is 14.8 Å². The second kappa shape index (κ2) is 28.1. The number of nitrogens with zero attached hydrogens (tertiary/aromatic N) is 1. The number of rotatable bonds is 26. The fourth-order valence-corrected chi connectivity index (χ4v) is 4.91. The number of aliphatic hydroxyl groups is 2. The van der Waals surface area contributed by atoms with E-state index >= 15 is 0 Å². The van der Waals surface area contributed by atoms with Crippen LogP contribution in [0.2, 0.25) is 0 Å². The van der Waals surface area contributed by atoms with E-state index in [0.717, 1.165) is 32.2 Å². The van der Waals surface area contributed by atoms with Crippen molar-refractivity contribution in [3.8, 4) is 5.63 Å². The first-order valence-electron chi connectivity index (χ1n) is 14.3. The molecule has 0 radical (unpaired) electrons. The van der Waals surface area contributed by atoms with Gasteiger partial charge in [-0.3, -0.25) is 4.90 Å². The van der Waals surface area contributed by atoms with Gasteiger partial charge in [0.1, 0.15) is 0 Å². The Morgan fingerprint density at radius 2 is 1.15 bits per heavy atom. The van der Waals surface area contributed by atoms with Crippen LogP contribution in [-0.4, -0.2) is 47.5 Å². The van der Waals surface area contributed by atoms with Crippen molar-refractivity contribution >= 4 is 7.92 Å². The average molecular weight is 486 g/mol. The number of hydrogen-bond donors (Lipinski definition) is 2. The molecule has 0 aliphatic carbocycles. The minimum absolute atomic E-state index is 0.0500. The van der Waals surface area contributed by atoms with E-state index in [2.05, 4.69) is 17.5 Å². The van der Waals surface area contributed by atoms with Crippen molar-refractivity contribution in [2.24, 2.45) is 0 Å². The number of unbranched alkanes of at least 4 members (excludes halogenated alkanes) is 18. The molecule has 0 rings (SSSR count). The van der Waals surface area contributed by atoms with Crippen LogP contribution in [0, 0.1) is 5.63 Å². The number of hydrogen-bond acceptors (Lipinski definition) is 4. The zero-order chi connectivity index (χ0) is 24.2. The van der Waals surface area contributed by atoms with Crippen molar-refractivity contribution in [2.45, 2.75) is 148 Å². The standard InChI is InChI=1S/C28H56NO3P/c1-2-3-4-5-6-7-10-13-16-19-22-28(27-31)29(24-25-30)23-20-17-14-11-8-9-12-15-18-21-26-33-32/h28,30-31H,2-25,27H2,1H3. The molecule has 0 amide bonds. The molecule has 33 heavy (non-hydrogen) atoms. The van der Waals surface area contributed by atoms with Crippen LogP contribution in [-0.2, 0) is 4.57 Å². The molecule has 0 fully saturated rings. The molecule has 0 aliphatic heterocycles. The monoisotopic (exact) mass is 485 g/mol. The molecule has 0 aliphatic rings. The fraction of sp³-hybridized carbons (Fsp3) is 0.964. The first kappa shape index (κ1) is 32.9. The molecule has 0 saturated heterocycles. The topological polar surface area (TPSA) is 60.8 Å². The van der Waals surface area contributed by atoms with Crippen molar-refractivity contribution in [1.82, 2.24) is 4.90 Å². The molecule has 196 valence electrons. The molecule has 0 aromatic rings. The Hall–Kier alpha value is -0.110. The van der Waals surface area contributed by atoms with Gasteiger partial charge in [-0.15, -0.1) is 0 Å². The Morgan fingerprint density at radius 1 is 0.667 bits per heavy atom. The van der Waals surface area contributed by atoms with Crippen LogP contribution in [0.3, 0.4) is 0 Å². The molecule has 2 N–H and O–H groups in total. The Bertz CT molecular complexity index is 483. The Balaban J connectivity index is 3.74. The first-order valence-corrected chi connectivity index (χ1v) is 15.1. The van der Waals surface area contributed by atoms with Crippen molar-refractivity contribution in [1.29, 1.82) is 0 Å². The van der Waals surface area contributed by atoms with E-state index in [1.165, 1.54) is 109 Å². The summed E-state index contributed by atoms with van der Waals surface area (Å²) in [5, 5.41) is 19.4. The molecule has 0 aromatic carbocycles. The zero-order valence-corrected chi connectivity index (χ0v) is 22.8. The molecule has 0 bridgehead atoms. The van der Waals surface area contributed by atoms with Crippen LogP contribution in [0.25, 0.3) is 0 Å². The van der Waals surface area contributed by atoms with Gasteiger partial charge in [-0.2, -0.15) is 0 Å². The second-order valence-corrected chi connectivity index (χ2v) is 10.2. The van der Waals surface area contributed by atoms with Gasteiger partial charge in [-0.1, -0.05) is 71.1 Å². The SMILES string of the molecule is CCCCCCCCCCCCC(CO)N(CCO)CCCCCCCCCCCC#P=O. The van der Waals surface area contributed by atoms with E-state index in [9.17, 15) is 14.8 Å². The van der Waals surface area contributed by atoms with Gasteiger partial charge < -0.3 is 10.2 Å². The predicted octanol–water partition coefficient (Wildman–Crippen LogP) is 8.10. The predicted molar refractivity (Wildman–Crippen MR) is 144 cm³/mol. The molecule has 1 atom stereocenters. The van der Waals surface area contributed by atoms with Gasteiger partial charge in [0.25, 0.3) is 0 Å². The van der Waals surface area contributed by atoms with E-state index in [4.69, 9.17) is 0 Å². The van der Waals surface area contributed by atoms with Crippen LogP contribution in [0.1, 0.15) is 142 Å². The minimum atomic E-state index is 0.0500. The summed E-state index contributed by atoms with van der Waals surface area (Å²) >= 11 is 0. The van der Waals surface area contributed by atoms with E-state index in [1.54, 1.807) is 0 Å². The van der Waals surface area contributed by atoms with Gasteiger partial charge in [0.2, 0.25) is 0 Å². The summed E-state index contributed by atoms with van der Waals surface area (Å²) in [5.41, 5.74) is 2.81. The first-order chi connectivity index (χ1) is 16.3. The summed E-state index contributed by atoms with van der Waals surface area (Å²) in [5.74, 6) is 0. The third-order valence-electron chi connectivity index (χ3n) is 6.80. The van der Waals surface area contributed by atoms with Crippen LogP contribution < -0.4 is 0 Å². The Labute approximate surface area is 207 Å². The third-order valence-corrected chi connectivity index (χ3v) is 7.16. The van der Waals surface area contributed by atoms with E-state index < -0.39 is 0 Å². The molecule has 1 unspecified atom stereocenters. The second-order valence-electron chi connectivity index (χ2n) is 9.75. The van der Waals surface area contributed by atoms with Gasteiger partial charge in [0.05, 0.1) is 13.2 Å². The molecule has 4 nitrogen and oxygen atoms in total. The summed E-state index contributed by atoms with van der Waals surface area (Å²) in [7, 11) is 0.0500. The van der Waals surface area contributed by atoms with Crippen LogP contribution in [0.4, 0.5) is 0 Å². The molecular formula is C28H56NO3P. The van der Waals surface area contributed by atoms with Gasteiger partial charge in [0, 0.05) is 12.6 Å². The van der Waals surface area contributed by atoms with Crippen molar-refractivity contribution in [3.05, 3.63) is 0 Å². The maximum absolute atomic E-state index is 10.3. The van der Waals surface area contributed by atoms with Crippen molar-refractivity contribution in [3.63, 3.8) is 0 Å². The molecule has 5 heteroatoms.